The Morgan fingerprint density at radius 2 is 2.00 bits per heavy atom. The molecule has 2 aliphatic rings. The third-order valence-corrected chi connectivity index (χ3v) is 4.36. The maximum absolute atomic E-state index is 14.3. The first-order valence-corrected chi connectivity index (χ1v) is 7.38. The maximum Gasteiger partial charge on any atom is 0.338 e. The van der Waals surface area contributed by atoms with Crippen LogP contribution >= 0.6 is 0 Å². The molecule has 0 bridgehead atoms. The van der Waals surface area contributed by atoms with E-state index in [4.69, 9.17) is 5.11 Å². The zero-order valence-corrected chi connectivity index (χ0v) is 11.7. The number of carboxylic acids is 1. The summed E-state index contributed by atoms with van der Waals surface area (Å²) in [4.78, 5) is 25.0. The van der Waals surface area contributed by atoms with E-state index in [9.17, 15) is 14.0 Å². The predicted molar refractivity (Wildman–Crippen MR) is 74.6 cm³/mol. The molecule has 0 radical (unpaired) electrons. The second-order valence-electron chi connectivity index (χ2n) is 5.91. The van der Waals surface area contributed by atoms with Crippen molar-refractivity contribution in [1.29, 1.82) is 0 Å². The van der Waals surface area contributed by atoms with E-state index in [1.807, 2.05) is 4.90 Å². The zero-order valence-electron chi connectivity index (χ0n) is 11.7. The number of aromatic carboxylic acids is 1. The Kier molecular flexibility index (Phi) is 3.66. The zero-order chi connectivity index (χ0) is 15.0. The molecule has 1 saturated heterocycles. The number of halogens is 1. The highest BCUT2D eigenvalue weighted by Gasteiger charge is 2.36. The van der Waals surface area contributed by atoms with Crippen LogP contribution in [0.5, 0.6) is 0 Å². The molecule has 0 unspecified atom stereocenters. The van der Waals surface area contributed by atoms with Crippen molar-refractivity contribution in [2.75, 3.05) is 13.1 Å². The van der Waals surface area contributed by atoms with Crippen molar-refractivity contribution in [3.8, 4) is 0 Å². The molecular formula is C16H18FNO3. The quantitative estimate of drug-likeness (QED) is 0.931. The average molecular weight is 291 g/mol. The van der Waals surface area contributed by atoms with Crippen LogP contribution in [0.25, 0.3) is 0 Å². The lowest BCUT2D eigenvalue weighted by Gasteiger charge is -2.33. The van der Waals surface area contributed by atoms with Gasteiger partial charge in [-0.15, -0.1) is 0 Å². The number of hydrogen-bond donors (Lipinski definition) is 1. The third kappa shape index (κ3) is 2.77. The summed E-state index contributed by atoms with van der Waals surface area (Å²) in [5, 5.41) is 9.01. The van der Waals surface area contributed by atoms with Gasteiger partial charge in [0.25, 0.3) is 0 Å². The minimum atomic E-state index is -1.25. The van der Waals surface area contributed by atoms with Crippen molar-refractivity contribution in [2.24, 2.45) is 5.92 Å². The van der Waals surface area contributed by atoms with Crippen LogP contribution in [0, 0.1) is 11.7 Å². The minimum Gasteiger partial charge on any atom is -0.478 e. The van der Waals surface area contributed by atoms with Gasteiger partial charge in [0.05, 0.1) is 5.56 Å². The molecule has 0 spiro atoms. The molecule has 1 heterocycles. The Morgan fingerprint density at radius 1 is 1.24 bits per heavy atom. The van der Waals surface area contributed by atoms with Crippen LogP contribution in [0.2, 0.25) is 0 Å². The molecule has 1 amide bonds. The monoisotopic (exact) mass is 291 g/mol. The summed E-state index contributed by atoms with van der Waals surface area (Å²) >= 11 is 0. The van der Waals surface area contributed by atoms with Crippen LogP contribution in [0.1, 0.15) is 47.5 Å². The Morgan fingerprint density at radius 3 is 2.67 bits per heavy atom. The van der Waals surface area contributed by atoms with Gasteiger partial charge in [-0.25, -0.2) is 9.18 Å². The molecule has 21 heavy (non-hydrogen) atoms. The van der Waals surface area contributed by atoms with Crippen LogP contribution in [0.3, 0.4) is 0 Å². The van der Waals surface area contributed by atoms with E-state index in [0.717, 1.165) is 32.2 Å². The first-order chi connectivity index (χ1) is 10.1. The summed E-state index contributed by atoms with van der Waals surface area (Å²) in [5.41, 5.74) is 0.126. The molecule has 1 aliphatic heterocycles. The minimum absolute atomic E-state index is 0.110. The Bertz CT molecular complexity index is 583. The fourth-order valence-corrected chi connectivity index (χ4v) is 3.05. The number of carboxylic acid groups (broad SMARTS) is 1. The summed E-state index contributed by atoms with van der Waals surface area (Å²) < 4.78 is 14.3. The van der Waals surface area contributed by atoms with Gasteiger partial charge in [0.1, 0.15) is 5.82 Å². The van der Waals surface area contributed by atoms with Crippen molar-refractivity contribution in [3.05, 3.63) is 35.1 Å². The summed E-state index contributed by atoms with van der Waals surface area (Å²) in [6.45, 7) is 1.22. The molecule has 3 rings (SSSR count). The van der Waals surface area contributed by atoms with Gasteiger partial charge < -0.3 is 10.0 Å². The van der Waals surface area contributed by atoms with Gasteiger partial charge >= 0.3 is 5.97 Å². The number of rotatable bonds is 3. The third-order valence-electron chi connectivity index (χ3n) is 4.36. The average Bonchev–Trinajstić information content (AvgIpc) is 3.31. The summed E-state index contributed by atoms with van der Waals surface area (Å²) in [7, 11) is 0. The van der Waals surface area contributed by atoms with E-state index >= 15 is 0 Å². The molecule has 5 heteroatoms. The number of nitrogens with zero attached hydrogens (tertiary/aromatic N) is 1. The van der Waals surface area contributed by atoms with Crippen LogP contribution in [0.15, 0.2) is 18.2 Å². The molecule has 1 saturated carbocycles. The van der Waals surface area contributed by atoms with E-state index in [1.165, 1.54) is 6.07 Å². The lowest BCUT2D eigenvalue weighted by atomic mass is 9.89. The number of carbonyl (C=O) groups excluding carboxylic acids is 1. The second-order valence-corrected chi connectivity index (χ2v) is 5.91. The molecule has 1 aromatic carbocycles. The fourth-order valence-electron chi connectivity index (χ4n) is 3.05. The van der Waals surface area contributed by atoms with E-state index in [-0.39, 0.29) is 23.3 Å². The molecule has 2 fully saturated rings. The van der Waals surface area contributed by atoms with Gasteiger partial charge in [0, 0.05) is 24.9 Å². The highest BCUT2D eigenvalue weighted by molar-refractivity contribution is 5.88. The molecule has 1 N–H and O–H groups in total. The molecular weight excluding hydrogens is 273 g/mol. The standard InChI is InChI=1S/C16H18FNO3/c17-14-12(4-1-5-13(14)16(20)21)11-3-2-8-18(9-11)15(19)10-6-7-10/h1,4-5,10-11H,2-3,6-9H2,(H,20,21)/t11-/m1/s1. The predicted octanol–water partition coefficient (Wildman–Crippen LogP) is 2.64. The molecule has 112 valence electrons. The smallest absolute Gasteiger partial charge is 0.338 e. The number of amides is 1. The fraction of sp³-hybridized carbons (Fsp3) is 0.500. The number of carbonyl (C=O) groups is 2. The van der Waals surface area contributed by atoms with Gasteiger partial charge in [-0.1, -0.05) is 12.1 Å². The maximum atomic E-state index is 14.3. The topological polar surface area (TPSA) is 57.6 Å². The van der Waals surface area contributed by atoms with Gasteiger partial charge in [0.15, 0.2) is 0 Å². The van der Waals surface area contributed by atoms with Gasteiger partial charge in [-0.3, -0.25) is 4.79 Å². The van der Waals surface area contributed by atoms with E-state index < -0.39 is 11.8 Å². The van der Waals surface area contributed by atoms with Crippen molar-refractivity contribution in [1.82, 2.24) is 4.90 Å². The van der Waals surface area contributed by atoms with Crippen molar-refractivity contribution in [2.45, 2.75) is 31.6 Å². The lowest BCUT2D eigenvalue weighted by molar-refractivity contribution is -0.133. The molecule has 1 atom stereocenters. The van der Waals surface area contributed by atoms with Gasteiger partial charge in [-0.05, 0) is 37.3 Å². The van der Waals surface area contributed by atoms with E-state index in [0.29, 0.717) is 12.1 Å². The first kappa shape index (κ1) is 14.0. The van der Waals surface area contributed by atoms with Crippen LogP contribution in [-0.4, -0.2) is 35.0 Å². The van der Waals surface area contributed by atoms with Crippen molar-refractivity contribution >= 4 is 11.9 Å². The highest BCUT2D eigenvalue weighted by atomic mass is 19.1. The molecule has 0 aromatic heterocycles. The summed E-state index contributed by atoms with van der Waals surface area (Å²) in [6.07, 6.45) is 3.54. The SMILES string of the molecule is O=C(O)c1cccc([C@@H]2CCCN(C(=O)C3CC3)C2)c1F. The Balaban J connectivity index is 1.81. The molecule has 1 aliphatic carbocycles. The highest BCUT2D eigenvalue weighted by Crippen LogP contribution is 2.35. The van der Waals surface area contributed by atoms with Crippen molar-refractivity contribution in [3.63, 3.8) is 0 Å². The van der Waals surface area contributed by atoms with E-state index in [2.05, 4.69) is 0 Å². The normalized spacial score (nSPS) is 22.1. The number of likely N-dealkylation sites (tertiary alicyclic amines) is 1. The number of hydrogen-bond acceptors (Lipinski definition) is 2. The number of benzene rings is 1. The summed E-state index contributed by atoms with van der Waals surface area (Å²) in [5.74, 6) is -1.68. The number of piperidine rings is 1. The van der Waals surface area contributed by atoms with Crippen LogP contribution in [-0.2, 0) is 4.79 Å². The van der Waals surface area contributed by atoms with Gasteiger partial charge in [0.2, 0.25) is 5.91 Å². The van der Waals surface area contributed by atoms with Crippen LogP contribution in [0.4, 0.5) is 4.39 Å². The Labute approximate surface area is 122 Å². The lowest BCUT2D eigenvalue weighted by Crippen LogP contribution is -2.40. The largest absolute Gasteiger partial charge is 0.478 e. The molecule has 4 nitrogen and oxygen atoms in total. The van der Waals surface area contributed by atoms with E-state index in [1.54, 1.807) is 12.1 Å². The van der Waals surface area contributed by atoms with Crippen molar-refractivity contribution < 1.29 is 19.1 Å². The Hall–Kier alpha value is -1.91. The first-order valence-electron chi connectivity index (χ1n) is 7.38. The summed E-state index contributed by atoms with van der Waals surface area (Å²) in [6, 6.07) is 4.48. The second kappa shape index (κ2) is 5.47. The molecule has 1 aromatic rings. The van der Waals surface area contributed by atoms with Crippen LogP contribution < -0.4 is 0 Å². The van der Waals surface area contributed by atoms with Gasteiger partial charge in [-0.2, -0.15) is 0 Å².